The van der Waals surface area contributed by atoms with Gasteiger partial charge in [-0.25, -0.2) is 0 Å². The Balaban J connectivity index is 2.43. The molecule has 0 spiro atoms. The standard InChI is InChI=1S/C20H23NO2/c1-13-8-14(2)20(15(3)9-13)17(12-21)10-16-11-18(22-4)6-7-19(16)23-5/h6-9,11,17H,10H2,1-5H3. The molecule has 2 aromatic carbocycles. The summed E-state index contributed by atoms with van der Waals surface area (Å²) in [6, 6.07) is 12.4. The van der Waals surface area contributed by atoms with E-state index in [0.29, 0.717) is 6.42 Å². The monoisotopic (exact) mass is 309 g/mol. The van der Waals surface area contributed by atoms with Crippen LogP contribution in [0.2, 0.25) is 0 Å². The Hall–Kier alpha value is -2.47. The Morgan fingerprint density at radius 1 is 1.00 bits per heavy atom. The maximum absolute atomic E-state index is 9.73. The summed E-state index contributed by atoms with van der Waals surface area (Å²) in [6.07, 6.45) is 0.599. The van der Waals surface area contributed by atoms with Gasteiger partial charge in [0.1, 0.15) is 11.5 Å². The Morgan fingerprint density at radius 3 is 2.17 bits per heavy atom. The SMILES string of the molecule is COc1ccc(OC)c(CC(C#N)c2c(C)cc(C)cc2C)c1. The van der Waals surface area contributed by atoms with Gasteiger partial charge in [-0.2, -0.15) is 5.26 Å². The zero-order valence-corrected chi connectivity index (χ0v) is 14.4. The molecule has 0 aromatic heterocycles. The molecule has 0 amide bonds. The van der Waals surface area contributed by atoms with Gasteiger partial charge in [-0.1, -0.05) is 17.7 Å². The zero-order chi connectivity index (χ0) is 17.0. The van der Waals surface area contributed by atoms with Crippen LogP contribution in [-0.4, -0.2) is 14.2 Å². The van der Waals surface area contributed by atoms with E-state index in [4.69, 9.17) is 9.47 Å². The van der Waals surface area contributed by atoms with E-state index < -0.39 is 0 Å². The maximum atomic E-state index is 9.73. The summed E-state index contributed by atoms with van der Waals surface area (Å²) >= 11 is 0. The summed E-state index contributed by atoms with van der Waals surface area (Å²) in [6.45, 7) is 6.22. The minimum absolute atomic E-state index is 0.211. The van der Waals surface area contributed by atoms with Crippen LogP contribution >= 0.6 is 0 Å². The molecule has 0 radical (unpaired) electrons. The van der Waals surface area contributed by atoms with E-state index in [-0.39, 0.29) is 5.92 Å². The fourth-order valence-electron chi connectivity index (χ4n) is 3.21. The van der Waals surface area contributed by atoms with Crippen LogP contribution in [0.3, 0.4) is 0 Å². The van der Waals surface area contributed by atoms with Gasteiger partial charge in [-0.05, 0) is 67.6 Å². The minimum atomic E-state index is -0.211. The van der Waals surface area contributed by atoms with Crippen LogP contribution in [0.25, 0.3) is 0 Å². The maximum Gasteiger partial charge on any atom is 0.122 e. The lowest BCUT2D eigenvalue weighted by molar-refractivity contribution is 0.398. The van der Waals surface area contributed by atoms with Crippen LogP contribution in [0.15, 0.2) is 30.3 Å². The van der Waals surface area contributed by atoms with Crippen molar-refractivity contribution >= 4 is 0 Å². The first-order valence-electron chi connectivity index (χ1n) is 7.68. The van der Waals surface area contributed by atoms with Crippen LogP contribution in [-0.2, 0) is 6.42 Å². The number of rotatable bonds is 5. The second-order valence-electron chi connectivity index (χ2n) is 5.88. The number of hydrogen-bond donors (Lipinski definition) is 0. The lowest BCUT2D eigenvalue weighted by Crippen LogP contribution is -2.07. The zero-order valence-electron chi connectivity index (χ0n) is 14.4. The van der Waals surface area contributed by atoms with Crippen LogP contribution in [0.1, 0.15) is 33.7 Å². The summed E-state index contributed by atoms with van der Waals surface area (Å²) in [7, 11) is 3.29. The molecule has 1 atom stereocenters. The number of nitriles is 1. The minimum Gasteiger partial charge on any atom is -0.497 e. The third-order valence-corrected chi connectivity index (χ3v) is 4.15. The van der Waals surface area contributed by atoms with Crippen molar-refractivity contribution in [3.8, 4) is 17.6 Å². The molecule has 0 bridgehead atoms. The molecular weight excluding hydrogens is 286 g/mol. The molecule has 0 heterocycles. The topological polar surface area (TPSA) is 42.2 Å². The van der Waals surface area contributed by atoms with Gasteiger partial charge in [-0.15, -0.1) is 0 Å². The Morgan fingerprint density at radius 2 is 1.65 bits per heavy atom. The molecule has 0 N–H and O–H groups in total. The molecule has 1 unspecified atom stereocenters. The fourth-order valence-corrected chi connectivity index (χ4v) is 3.21. The molecule has 0 fully saturated rings. The van der Waals surface area contributed by atoms with E-state index in [9.17, 15) is 5.26 Å². The molecule has 0 saturated carbocycles. The van der Waals surface area contributed by atoms with Crippen LogP contribution in [0.4, 0.5) is 0 Å². The molecular formula is C20H23NO2. The number of methoxy groups -OCH3 is 2. The fraction of sp³-hybridized carbons (Fsp3) is 0.350. The molecule has 0 saturated heterocycles. The van der Waals surface area contributed by atoms with Crippen molar-refractivity contribution in [2.24, 2.45) is 0 Å². The van der Waals surface area contributed by atoms with Gasteiger partial charge in [0.25, 0.3) is 0 Å². The van der Waals surface area contributed by atoms with Crippen LogP contribution in [0, 0.1) is 32.1 Å². The average Bonchev–Trinajstić information content (AvgIpc) is 2.52. The van der Waals surface area contributed by atoms with Gasteiger partial charge >= 0.3 is 0 Å². The van der Waals surface area contributed by atoms with E-state index in [1.54, 1.807) is 14.2 Å². The van der Waals surface area contributed by atoms with Crippen molar-refractivity contribution in [2.45, 2.75) is 33.1 Å². The second kappa shape index (κ2) is 7.19. The summed E-state index contributed by atoms with van der Waals surface area (Å²) in [5.41, 5.74) is 5.65. The predicted molar refractivity (Wildman–Crippen MR) is 92.3 cm³/mol. The van der Waals surface area contributed by atoms with Crippen LogP contribution in [0.5, 0.6) is 11.5 Å². The van der Waals surface area contributed by atoms with E-state index in [1.165, 1.54) is 5.56 Å². The third-order valence-electron chi connectivity index (χ3n) is 4.15. The van der Waals surface area contributed by atoms with Gasteiger partial charge in [0.2, 0.25) is 0 Å². The Bertz CT molecular complexity index is 721. The smallest absolute Gasteiger partial charge is 0.122 e. The Kier molecular flexibility index (Phi) is 5.28. The van der Waals surface area contributed by atoms with E-state index >= 15 is 0 Å². The Labute approximate surface area is 138 Å². The summed E-state index contributed by atoms with van der Waals surface area (Å²) in [4.78, 5) is 0. The van der Waals surface area contributed by atoms with Gasteiger partial charge in [0.15, 0.2) is 0 Å². The lowest BCUT2D eigenvalue weighted by Gasteiger charge is -2.18. The number of benzene rings is 2. The quantitative estimate of drug-likeness (QED) is 0.818. The summed E-state index contributed by atoms with van der Waals surface area (Å²) in [5, 5.41) is 9.73. The van der Waals surface area contributed by atoms with Crippen molar-refractivity contribution < 1.29 is 9.47 Å². The number of ether oxygens (including phenoxy) is 2. The van der Waals surface area contributed by atoms with Crippen molar-refractivity contribution in [2.75, 3.05) is 14.2 Å². The molecule has 0 aliphatic rings. The van der Waals surface area contributed by atoms with Gasteiger partial charge in [-0.3, -0.25) is 0 Å². The molecule has 3 nitrogen and oxygen atoms in total. The molecule has 0 aliphatic heterocycles. The highest BCUT2D eigenvalue weighted by molar-refractivity contribution is 5.46. The predicted octanol–water partition coefficient (Wildman–Crippen LogP) is 4.48. The van der Waals surface area contributed by atoms with E-state index in [1.807, 2.05) is 18.2 Å². The molecule has 2 aromatic rings. The largest absolute Gasteiger partial charge is 0.497 e. The first-order chi connectivity index (χ1) is 11.0. The van der Waals surface area contributed by atoms with E-state index in [2.05, 4.69) is 39.0 Å². The molecule has 120 valence electrons. The van der Waals surface area contributed by atoms with Crippen molar-refractivity contribution in [3.63, 3.8) is 0 Å². The summed E-state index contributed by atoms with van der Waals surface area (Å²) in [5.74, 6) is 1.35. The van der Waals surface area contributed by atoms with E-state index in [0.717, 1.165) is 33.8 Å². The first kappa shape index (κ1) is 16.9. The highest BCUT2D eigenvalue weighted by Gasteiger charge is 2.19. The summed E-state index contributed by atoms with van der Waals surface area (Å²) < 4.78 is 10.7. The molecule has 23 heavy (non-hydrogen) atoms. The van der Waals surface area contributed by atoms with Crippen molar-refractivity contribution in [1.82, 2.24) is 0 Å². The molecule has 0 aliphatic carbocycles. The van der Waals surface area contributed by atoms with Crippen molar-refractivity contribution in [1.29, 1.82) is 5.26 Å². The second-order valence-corrected chi connectivity index (χ2v) is 5.88. The average molecular weight is 309 g/mol. The van der Waals surface area contributed by atoms with Gasteiger partial charge < -0.3 is 9.47 Å². The van der Waals surface area contributed by atoms with Gasteiger partial charge in [0.05, 0.1) is 26.2 Å². The lowest BCUT2D eigenvalue weighted by atomic mass is 9.86. The highest BCUT2D eigenvalue weighted by atomic mass is 16.5. The highest BCUT2D eigenvalue weighted by Crippen LogP contribution is 2.32. The van der Waals surface area contributed by atoms with Crippen LogP contribution < -0.4 is 9.47 Å². The first-order valence-corrected chi connectivity index (χ1v) is 7.68. The van der Waals surface area contributed by atoms with Gasteiger partial charge in [0, 0.05) is 0 Å². The van der Waals surface area contributed by atoms with Crippen molar-refractivity contribution in [3.05, 3.63) is 58.1 Å². The normalized spacial score (nSPS) is 11.7. The molecule has 2 rings (SSSR count). The number of hydrogen-bond acceptors (Lipinski definition) is 3. The molecule has 3 heteroatoms. The number of nitrogens with zero attached hydrogens (tertiary/aromatic N) is 1. The number of aryl methyl sites for hydroxylation is 3. The third kappa shape index (κ3) is 3.65.